The number of carbonyl (C=O) groups is 1. The van der Waals surface area contributed by atoms with E-state index in [0.717, 1.165) is 22.8 Å². The monoisotopic (exact) mass is 244 g/mol. The van der Waals surface area contributed by atoms with E-state index in [-0.39, 0.29) is 0 Å². The molecule has 0 radical (unpaired) electrons. The van der Waals surface area contributed by atoms with Crippen LogP contribution in [0.15, 0.2) is 30.3 Å². The summed E-state index contributed by atoms with van der Waals surface area (Å²) < 4.78 is 1.77. The maximum atomic E-state index is 11.6. The third kappa shape index (κ3) is 2.01. The first kappa shape index (κ1) is 12.4. The van der Waals surface area contributed by atoms with Crippen LogP contribution in [0.4, 0.5) is 0 Å². The fourth-order valence-corrected chi connectivity index (χ4v) is 2.21. The minimum absolute atomic E-state index is 0.715. The van der Waals surface area contributed by atoms with Gasteiger partial charge in [-0.25, -0.2) is 9.78 Å². The summed E-state index contributed by atoms with van der Waals surface area (Å²) in [7, 11) is 0. The Kier molecular flexibility index (Phi) is 3.19. The lowest BCUT2D eigenvalue weighted by Crippen LogP contribution is -2.22. The lowest BCUT2D eigenvalue weighted by Gasteiger charge is -2.18. The molecule has 94 valence electrons. The van der Waals surface area contributed by atoms with E-state index >= 15 is 0 Å². The molecule has 0 saturated carbocycles. The molecular weight excluding hydrogens is 228 g/mol. The molecule has 4 heteroatoms. The number of imidazole rings is 1. The van der Waals surface area contributed by atoms with Gasteiger partial charge in [-0.15, -0.1) is 0 Å². The van der Waals surface area contributed by atoms with Crippen LogP contribution < -0.4 is 0 Å². The van der Waals surface area contributed by atoms with Crippen molar-refractivity contribution in [3.63, 3.8) is 0 Å². The van der Waals surface area contributed by atoms with Gasteiger partial charge in [0.2, 0.25) is 0 Å². The second-order valence-corrected chi connectivity index (χ2v) is 4.35. The number of nitrogens with zero attached hydrogens (tertiary/aromatic N) is 2. The van der Waals surface area contributed by atoms with Gasteiger partial charge >= 0.3 is 5.97 Å². The molecule has 1 N–H and O–H groups in total. The second kappa shape index (κ2) is 4.64. The Labute approximate surface area is 106 Å². The number of hydrogen-bond donors (Lipinski definition) is 1. The van der Waals surface area contributed by atoms with Gasteiger partial charge in [0.25, 0.3) is 0 Å². The first-order valence-electron chi connectivity index (χ1n) is 5.82. The van der Waals surface area contributed by atoms with E-state index in [1.165, 1.54) is 0 Å². The van der Waals surface area contributed by atoms with Gasteiger partial charge in [0.15, 0.2) is 6.04 Å². The van der Waals surface area contributed by atoms with Crippen LogP contribution in [0.2, 0.25) is 0 Å². The minimum atomic E-state index is -0.871. The van der Waals surface area contributed by atoms with Gasteiger partial charge in [-0.3, -0.25) is 0 Å². The molecule has 18 heavy (non-hydrogen) atoms. The molecule has 1 aromatic carbocycles. The van der Waals surface area contributed by atoms with Crippen molar-refractivity contribution in [1.29, 1.82) is 0 Å². The van der Waals surface area contributed by atoms with Crippen molar-refractivity contribution in [3.8, 4) is 0 Å². The number of aryl methyl sites for hydroxylation is 2. The zero-order chi connectivity index (χ0) is 13.3. The highest BCUT2D eigenvalue weighted by molar-refractivity contribution is 5.76. The molecule has 2 rings (SSSR count). The highest BCUT2D eigenvalue weighted by atomic mass is 16.4. The van der Waals surface area contributed by atoms with E-state index in [0.29, 0.717) is 0 Å². The van der Waals surface area contributed by atoms with E-state index in [9.17, 15) is 9.90 Å². The predicted octanol–water partition coefficient (Wildman–Crippen LogP) is 2.48. The van der Waals surface area contributed by atoms with Crippen molar-refractivity contribution in [2.45, 2.75) is 26.8 Å². The summed E-state index contributed by atoms with van der Waals surface area (Å²) in [4.78, 5) is 15.9. The standard InChI is InChI=1S/C14H16N2O2/c1-9-10(2)16(11(3)15-9)13(14(17)18)12-7-5-4-6-8-12/h4-8,13H,1-3H3,(H,17,18). The summed E-state index contributed by atoms with van der Waals surface area (Å²) >= 11 is 0. The van der Waals surface area contributed by atoms with Crippen LogP contribution in [0.5, 0.6) is 0 Å². The molecule has 0 fully saturated rings. The average molecular weight is 244 g/mol. The van der Waals surface area contributed by atoms with Crippen molar-refractivity contribution in [1.82, 2.24) is 9.55 Å². The maximum absolute atomic E-state index is 11.6. The Morgan fingerprint density at radius 3 is 2.28 bits per heavy atom. The molecule has 1 atom stereocenters. The molecule has 0 saturated heterocycles. The minimum Gasteiger partial charge on any atom is -0.479 e. The van der Waals surface area contributed by atoms with Crippen molar-refractivity contribution >= 4 is 5.97 Å². The topological polar surface area (TPSA) is 55.1 Å². The zero-order valence-corrected chi connectivity index (χ0v) is 10.7. The Balaban J connectivity index is 2.59. The quantitative estimate of drug-likeness (QED) is 0.902. The summed E-state index contributed by atoms with van der Waals surface area (Å²) in [6, 6.07) is 8.51. The lowest BCUT2D eigenvalue weighted by atomic mass is 10.1. The largest absolute Gasteiger partial charge is 0.479 e. The van der Waals surface area contributed by atoms with Gasteiger partial charge in [-0.1, -0.05) is 30.3 Å². The van der Waals surface area contributed by atoms with Gasteiger partial charge in [-0.2, -0.15) is 0 Å². The third-order valence-electron chi connectivity index (χ3n) is 3.17. The van der Waals surface area contributed by atoms with E-state index in [1.54, 1.807) is 4.57 Å². The molecule has 2 aromatic rings. The van der Waals surface area contributed by atoms with Gasteiger partial charge < -0.3 is 9.67 Å². The van der Waals surface area contributed by atoms with Crippen LogP contribution in [-0.4, -0.2) is 20.6 Å². The number of carboxylic acids is 1. The van der Waals surface area contributed by atoms with Crippen LogP contribution in [0.1, 0.15) is 28.8 Å². The Hall–Kier alpha value is -2.10. The molecule has 1 heterocycles. The van der Waals surface area contributed by atoms with Crippen LogP contribution >= 0.6 is 0 Å². The fourth-order valence-electron chi connectivity index (χ4n) is 2.21. The second-order valence-electron chi connectivity index (χ2n) is 4.35. The number of rotatable bonds is 3. The highest BCUT2D eigenvalue weighted by Crippen LogP contribution is 2.23. The molecular formula is C14H16N2O2. The molecule has 0 spiro atoms. The average Bonchev–Trinajstić information content (AvgIpc) is 2.57. The molecule has 0 aliphatic carbocycles. The SMILES string of the molecule is Cc1nc(C)n(C(C(=O)O)c2ccccc2)c1C. The Bertz CT molecular complexity index is 573. The summed E-state index contributed by atoms with van der Waals surface area (Å²) in [5, 5.41) is 9.49. The van der Waals surface area contributed by atoms with E-state index in [2.05, 4.69) is 4.98 Å². The number of hydrogen-bond acceptors (Lipinski definition) is 2. The lowest BCUT2D eigenvalue weighted by molar-refractivity contribution is -0.139. The van der Waals surface area contributed by atoms with E-state index < -0.39 is 12.0 Å². The number of aromatic nitrogens is 2. The molecule has 0 amide bonds. The van der Waals surface area contributed by atoms with Crippen molar-refractivity contribution in [3.05, 3.63) is 53.1 Å². The summed E-state index contributed by atoms with van der Waals surface area (Å²) in [6.45, 7) is 5.62. The Morgan fingerprint density at radius 1 is 1.22 bits per heavy atom. The predicted molar refractivity (Wildman–Crippen MR) is 68.7 cm³/mol. The van der Waals surface area contributed by atoms with Crippen LogP contribution in [0.3, 0.4) is 0 Å². The number of benzene rings is 1. The van der Waals surface area contributed by atoms with Crippen molar-refractivity contribution in [2.24, 2.45) is 0 Å². The highest BCUT2D eigenvalue weighted by Gasteiger charge is 2.25. The van der Waals surface area contributed by atoms with E-state index in [1.807, 2.05) is 51.1 Å². The first-order valence-corrected chi connectivity index (χ1v) is 5.82. The normalized spacial score (nSPS) is 12.4. The molecule has 4 nitrogen and oxygen atoms in total. The molecule has 1 unspecified atom stereocenters. The summed E-state index contributed by atoms with van der Waals surface area (Å²) in [5.41, 5.74) is 2.52. The molecule has 0 aliphatic heterocycles. The fraction of sp³-hybridized carbons (Fsp3) is 0.286. The Morgan fingerprint density at radius 2 is 1.83 bits per heavy atom. The van der Waals surface area contributed by atoms with Gasteiger partial charge in [0.05, 0.1) is 5.69 Å². The first-order chi connectivity index (χ1) is 8.52. The zero-order valence-electron chi connectivity index (χ0n) is 10.7. The van der Waals surface area contributed by atoms with Crippen molar-refractivity contribution in [2.75, 3.05) is 0 Å². The van der Waals surface area contributed by atoms with Crippen LogP contribution in [-0.2, 0) is 4.79 Å². The smallest absolute Gasteiger partial charge is 0.331 e. The molecule has 0 bridgehead atoms. The van der Waals surface area contributed by atoms with Crippen LogP contribution in [0, 0.1) is 20.8 Å². The summed E-state index contributed by atoms with van der Waals surface area (Å²) in [6.07, 6.45) is 0. The van der Waals surface area contributed by atoms with E-state index in [4.69, 9.17) is 0 Å². The van der Waals surface area contributed by atoms with Crippen molar-refractivity contribution < 1.29 is 9.90 Å². The van der Waals surface area contributed by atoms with Gasteiger partial charge in [0.1, 0.15) is 5.82 Å². The maximum Gasteiger partial charge on any atom is 0.331 e. The van der Waals surface area contributed by atoms with Crippen LogP contribution in [0.25, 0.3) is 0 Å². The third-order valence-corrected chi connectivity index (χ3v) is 3.17. The number of aliphatic carboxylic acids is 1. The number of carboxylic acid groups (broad SMARTS) is 1. The molecule has 1 aromatic heterocycles. The molecule has 0 aliphatic rings. The van der Waals surface area contributed by atoms with Gasteiger partial charge in [-0.05, 0) is 26.3 Å². The van der Waals surface area contributed by atoms with Gasteiger partial charge in [0, 0.05) is 5.69 Å². The summed E-state index contributed by atoms with van der Waals surface area (Å²) in [5.74, 6) is -0.147.